The molecule has 0 spiro atoms. The molecule has 0 radical (unpaired) electrons. The highest BCUT2D eigenvalue weighted by atomic mass is 16.5. The Labute approximate surface area is 183 Å². The summed E-state index contributed by atoms with van der Waals surface area (Å²) in [4.78, 5) is 7.56. The SMILES string of the molecule is COCc1ccc(C=CN2CCC(c3nc4ccccc4c4cn(C)cc34)CC2)cc1. The standard InChI is InChI=1S/C27H29N3O/c1-29-17-24-23-5-3-4-6-26(23)28-27(25(24)18-29)22-12-15-30(16-13-22)14-11-20-7-9-21(10-8-20)19-31-2/h3-11,14,17-18,22H,12-13,15-16,19H2,1-2H3. The molecule has 4 heteroatoms. The fourth-order valence-corrected chi connectivity index (χ4v) is 4.71. The average molecular weight is 412 g/mol. The number of aromatic nitrogens is 2. The summed E-state index contributed by atoms with van der Waals surface area (Å²) in [6.45, 7) is 2.78. The summed E-state index contributed by atoms with van der Waals surface area (Å²) in [5, 5.41) is 3.88. The van der Waals surface area contributed by atoms with Crippen molar-refractivity contribution in [2.45, 2.75) is 25.4 Å². The Morgan fingerprint density at radius 1 is 0.968 bits per heavy atom. The molecule has 0 amide bonds. The van der Waals surface area contributed by atoms with Crippen LogP contribution in [0, 0.1) is 0 Å². The van der Waals surface area contributed by atoms with Crippen LogP contribution in [0.3, 0.4) is 0 Å². The number of pyridine rings is 1. The molecule has 0 unspecified atom stereocenters. The van der Waals surface area contributed by atoms with Gasteiger partial charge in [-0.15, -0.1) is 0 Å². The lowest BCUT2D eigenvalue weighted by Crippen LogP contribution is -2.28. The number of para-hydroxylation sites is 1. The van der Waals surface area contributed by atoms with E-state index in [1.807, 2.05) is 0 Å². The lowest BCUT2D eigenvalue weighted by Gasteiger charge is -2.31. The van der Waals surface area contributed by atoms with Gasteiger partial charge in [0.15, 0.2) is 0 Å². The molecular weight excluding hydrogens is 382 g/mol. The molecule has 1 fully saturated rings. The van der Waals surface area contributed by atoms with E-state index in [1.54, 1.807) is 7.11 Å². The Bertz CT molecular complexity index is 1210. The summed E-state index contributed by atoms with van der Waals surface area (Å²) >= 11 is 0. The summed E-state index contributed by atoms with van der Waals surface area (Å²) in [7, 11) is 3.83. The highest BCUT2D eigenvalue weighted by molar-refractivity contribution is 6.06. The molecule has 1 aliphatic rings. The van der Waals surface area contributed by atoms with Gasteiger partial charge >= 0.3 is 0 Å². The first-order valence-corrected chi connectivity index (χ1v) is 11.1. The summed E-state index contributed by atoms with van der Waals surface area (Å²) < 4.78 is 7.35. The molecule has 0 bridgehead atoms. The van der Waals surface area contributed by atoms with E-state index >= 15 is 0 Å². The van der Waals surface area contributed by atoms with Crippen LogP contribution in [-0.4, -0.2) is 34.7 Å². The Kier molecular flexibility index (Phi) is 5.47. The van der Waals surface area contributed by atoms with E-state index in [0.717, 1.165) is 31.4 Å². The maximum atomic E-state index is 5.19. The van der Waals surface area contributed by atoms with Crippen molar-refractivity contribution in [3.05, 3.63) is 83.9 Å². The van der Waals surface area contributed by atoms with Gasteiger partial charge in [-0.1, -0.05) is 42.5 Å². The van der Waals surface area contributed by atoms with Crippen LogP contribution in [0.4, 0.5) is 0 Å². The number of benzene rings is 2. The monoisotopic (exact) mass is 411 g/mol. The Hall–Kier alpha value is -3.11. The number of piperidine rings is 1. The van der Waals surface area contributed by atoms with Crippen LogP contribution >= 0.6 is 0 Å². The normalized spacial score (nSPS) is 15.5. The minimum Gasteiger partial charge on any atom is -0.380 e. The number of likely N-dealkylation sites (tertiary alicyclic amines) is 1. The van der Waals surface area contributed by atoms with E-state index in [0.29, 0.717) is 12.5 Å². The predicted octanol–water partition coefficient (Wildman–Crippen LogP) is 5.72. The molecule has 0 atom stereocenters. The molecule has 158 valence electrons. The molecule has 2 aromatic carbocycles. The maximum Gasteiger partial charge on any atom is 0.0713 e. The van der Waals surface area contributed by atoms with Crippen molar-refractivity contribution in [3.8, 4) is 0 Å². The number of hydrogen-bond acceptors (Lipinski definition) is 3. The highest BCUT2D eigenvalue weighted by Gasteiger charge is 2.23. The molecule has 3 heterocycles. The van der Waals surface area contributed by atoms with Crippen molar-refractivity contribution in [1.82, 2.24) is 14.5 Å². The fraction of sp³-hybridized carbons (Fsp3) is 0.296. The molecule has 1 aliphatic heterocycles. The first-order chi connectivity index (χ1) is 15.2. The largest absolute Gasteiger partial charge is 0.380 e. The lowest BCUT2D eigenvalue weighted by atomic mass is 9.90. The Morgan fingerprint density at radius 3 is 2.48 bits per heavy atom. The van der Waals surface area contributed by atoms with Crippen LogP contribution in [0.15, 0.2) is 67.1 Å². The lowest BCUT2D eigenvalue weighted by molar-refractivity contribution is 0.185. The smallest absolute Gasteiger partial charge is 0.0713 e. The average Bonchev–Trinajstić information content (AvgIpc) is 3.20. The van der Waals surface area contributed by atoms with Gasteiger partial charge in [-0.25, -0.2) is 0 Å². The number of hydrogen-bond donors (Lipinski definition) is 0. The van der Waals surface area contributed by atoms with E-state index < -0.39 is 0 Å². The van der Waals surface area contributed by atoms with Gasteiger partial charge in [-0.05, 0) is 42.3 Å². The summed E-state index contributed by atoms with van der Waals surface area (Å²) in [5.74, 6) is 0.507. The van der Waals surface area contributed by atoms with Gasteiger partial charge in [0.2, 0.25) is 0 Å². The third kappa shape index (κ3) is 4.08. The zero-order valence-electron chi connectivity index (χ0n) is 18.3. The number of fused-ring (bicyclic) bond motifs is 3. The predicted molar refractivity (Wildman–Crippen MR) is 128 cm³/mol. The summed E-state index contributed by atoms with van der Waals surface area (Å²) in [5.41, 5.74) is 4.81. The van der Waals surface area contributed by atoms with Gasteiger partial charge < -0.3 is 14.2 Å². The minimum atomic E-state index is 0.507. The van der Waals surface area contributed by atoms with E-state index in [-0.39, 0.29) is 0 Å². The molecule has 0 saturated carbocycles. The van der Waals surface area contributed by atoms with Crippen LogP contribution < -0.4 is 0 Å². The van der Waals surface area contributed by atoms with E-state index in [2.05, 4.69) is 89.7 Å². The van der Waals surface area contributed by atoms with Gasteiger partial charge in [0.1, 0.15) is 0 Å². The van der Waals surface area contributed by atoms with Crippen molar-refractivity contribution >= 4 is 27.8 Å². The molecule has 2 aromatic heterocycles. The number of methoxy groups -OCH3 is 1. The van der Waals surface area contributed by atoms with Crippen molar-refractivity contribution in [2.75, 3.05) is 20.2 Å². The van der Waals surface area contributed by atoms with Gasteiger partial charge in [-0.3, -0.25) is 4.98 Å². The van der Waals surface area contributed by atoms with Crippen molar-refractivity contribution in [3.63, 3.8) is 0 Å². The topological polar surface area (TPSA) is 30.3 Å². The quantitative estimate of drug-likeness (QED) is 0.421. The van der Waals surface area contributed by atoms with Gasteiger partial charge in [0.25, 0.3) is 0 Å². The molecule has 5 rings (SSSR count). The maximum absolute atomic E-state index is 5.19. The number of aryl methyl sites for hydroxylation is 1. The Balaban J connectivity index is 1.31. The van der Waals surface area contributed by atoms with Crippen LogP contribution in [0.25, 0.3) is 27.8 Å². The summed E-state index contributed by atoms with van der Waals surface area (Å²) in [6, 6.07) is 17.1. The highest BCUT2D eigenvalue weighted by Crippen LogP contribution is 2.35. The van der Waals surface area contributed by atoms with Gasteiger partial charge in [0, 0.05) is 61.7 Å². The van der Waals surface area contributed by atoms with Crippen molar-refractivity contribution < 1.29 is 4.74 Å². The zero-order valence-corrected chi connectivity index (χ0v) is 18.3. The number of nitrogens with zero attached hydrogens (tertiary/aromatic N) is 3. The Morgan fingerprint density at radius 2 is 1.71 bits per heavy atom. The fourth-order valence-electron chi connectivity index (χ4n) is 4.71. The van der Waals surface area contributed by atoms with Gasteiger partial charge in [-0.2, -0.15) is 0 Å². The van der Waals surface area contributed by atoms with E-state index in [1.165, 1.54) is 33.0 Å². The van der Waals surface area contributed by atoms with Crippen molar-refractivity contribution in [2.24, 2.45) is 7.05 Å². The molecule has 4 nitrogen and oxygen atoms in total. The molecule has 4 aromatic rings. The first kappa shape index (κ1) is 19.8. The second kappa shape index (κ2) is 8.56. The van der Waals surface area contributed by atoms with E-state index in [4.69, 9.17) is 9.72 Å². The molecule has 0 N–H and O–H groups in total. The zero-order chi connectivity index (χ0) is 21.2. The second-order valence-corrected chi connectivity index (χ2v) is 8.57. The molecular formula is C27H29N3O. The molecule has 31 heavy (non-hydrogen) atoms. The number of ether oxygens (including phenoxy) is 1. The summed E-state index contributed by atoms with van der Waals surface area (Å²) in [6.07, 6.45) is 11.2. The minimum absolute atomic E-state index is 0.507. The van der Waals surface area contributed by atoms with Crippen LogP contribution in [-0.2, 0) is 18.4 Å². The third-order valence-corrected chi connectivity index (χ3v) is 6.35. The third-order valence-electron chi connectivity index (χ3n) is 6.35. The van der Waals surface area contributed by atoms with Crippen LogP contribution in [0.2, 0.25) is 0 Å². The van der Waals surface area contributed by atoms with Crippen LogP contribution in [0.5, 0.6) is 0 Å². The number of rotatable bonds is 5. The molecule has 1 saturated heterocycles. The van der Waals surface area contributed by atoms with Gasteiger partial charge in [0.05, 0.1) is 17.8 Å². The first-order valence-electron chi connectivity index (χ1n) is 11.1. The van der Waals surface area contributed by atoms with Crippen LogP contribution in [0.1, 0.15) is 35.6 Å². The second-order valence-electron chi connectivity index (χ2n) is 8.57. The molecule has 0 aliphatic carbocycles. The van der Waals surface area contributed by atoms with Crippen molar-refractivity contribution in [1.29, 1.82) is 0 Å². The van der Waals surface area contributed by atoms with E-state index in [9.17, 15) is 0 Å².